The quantitative estimate of drug-likeness (QED) is 0.792. The number of rotatable bonds is 2. The summed E-state index contributed by atoms with van der Waals surface area (Å²) in [4.78, 5) is 14.8. The third kappa shape index (κ3) is 2.10. The first kappa shape index (κ1) is 14.7. The van der Waals surface area contributed by atoms with Gasteiger partial charge < -0.3 is 4.74 Å². The Bertz CT molecular complexity index is 751. The highest BCUT2D eigenvalue weighted by Crippen LogP contribution is 2.50. The molecular formula is C20H23NO2. The number of methoxy groups -OCH3 is 1. The average Bonchev–Trinajstić information content (AvgIpc) is 2.79. The second kappa shape index (κ2) is 5.34. The maximum Gasteiger partial charge on any atom is 0.326 e. The molecule has 3 heteroatoms. The summed E-state index contributed by atoms with van der Waals surface area (Å²) in [7, 11) is 3.60. The van der Waals surface area contributed by atoms with Crippen LogP contribution in [0.1, 0.15) is 37.2 Å². The standard InChI is InChI=1S/C20H23NO2/c1-21-16-10-11-20(21,19(22)23-2)13-15(12-16)18-9-5-7-14-6-3-4-8-17(14)18/h3-9,15-16H,10-13H2,1-2H3/t15?,16-,20+/m0/s1. The molecule has 4 rings (SSSR count). The summed E-state index contributed by atoms with van der Waals surface area (Å²) in [5.41, 5.74) is 0.954. The second-order valence-electron chi connectivity index (χ2n) is 7.03. The first-order valence-corrected chi connectivity index (χ1v) is 8.45. The molecule has 3 atom stereocenters. The fourth-order valence-corrected chi connectivity index (χ4v) is 4.83. The van der Waals surface area contributed by atoms with E-state index >= 15 is 0 Å². The molecule has 3 nitrogen and oxygen atoms in total. The number of esters is 1. The van der Waals surface area contributed by atoms with Crippen LogP contribution in [0.4, 0.5) is 0 Å². The van der Waals surface area contributed by atoms with Crippen LogP contribution in [0.15, 0.2) is 42.5 Å². The Morgan fingerprint density at radius 1 is 1.22 bits per heavy atom. The molecule has 1 unspecified atom stereocenters. The van der Waals surface area contributed by atoms with Crippen LogP contribution >= 0.6 is 0 Å². The smallest absolute Gasteiger partial charge is 0.326 e. The Balaban J connectivity index is 1.77. The Morgan fingerprint density at radius 2 is 2.00 bits per heavy atom. The molecule has 2 fully saturated rings. The van der Waals surface area contributed by atoms with Crippen LogP contribution in [-0.2, 0) is 9.53 Å². The Kier molecular flexibility index (Phi) is 3.42. The van der Waals surface area contributed by atoms with E-state index in [4.69, 9.17) is 4.74 Å². The molecule has 2 aromatic carbocycles. The lowest BCUT2D eigenvalue weighted by Crippen LogP contribution is -2.55. The third-order valence-electron chi connectivity index (χ3n) is 6.08. The summed E-state index contributed by atoms with van der Waals surface area (Å²) in [5.74, 6) is 0.358. The third-order valence-corrected chi connectivity index (χ3v) is 6.08. The number of ether oxygens (including phenoxy) is 1. The minimum absolute atomic E-state index is 0.0626. The molecule has 0 aromatic heterocycles. The first-order chi connectivity index (χ1) is 11.2. The van der Waals surface area contributed by atoms with Crippen molar-refractivity contribution >= 4 is 16.7 Å². The zero-order valence-electron chi connectivity index (χ0n) is 13.8. The van der Waals surface area contributed by atoms with E-state index in [1.165, 1.54) is 23.4 Å². The highest BCUT2D eigenvalue weighted by atomic mass is 16.5. The molecule has 0 saturated carbocycles. The van der Waals surface area contributed by atoms with Crippen molar-refractivity contribution in [1.29, 1.82) is 0 Å². The number of nitrogens with zero attached hydrogens (tertiary/aromatic N) is 1. The molecule has 0 aliphatic carbocycles. The lowest BCUT2D eigenvalue weighted by atomic mass is 9.77. The number of fused-ring (bicyclic) bond motifs is 3. The SMILES string of the molecule is COC(=O)[C@@]12CC[C@@H](CC(c3cccc4ccccc34)C1)N2C. The molecule has 2 saturated heterocycles. The van der Waals surface area contributed by atoms with Crippen LogP contribution in [0.2, 0.25) is 0 Å². The normalized spacial score (nSPS) is 30.5. The zero-order valence-corrected chi connectivity index (χ0v) is 13.8. The Morgan fingerprint density at radius 3 is 2.83 bits per heavy atom. The molecule has 2 bridgehead atoms. The van der Waals surface area contributed by atoms with Gasteiger partial charge in [0.2, 0.25) is 0 Å². The van der Waals surface area contributed by atoms with Crippen LogP contribution < -0.4 is 0 Å². The summed E-state index contributed by atoms with van der Waals surface area (Å²) in [6, 6.07) is 15.6. The monoisotopic (exact) mass is 309 g/mol. The van der Waals surface area contributed by atoms with Gasteiger partial charge in [0.05, 0.1) is 7.11 Å². The van der Waals surface area contributed by atoms with Crippen LogP contribution in [0.3, 0.4) is 0 Å². The van der Waals surface area contributed by atoms with Crippen LogP contribution in [0.25, 0.3) is 10.8 Å². The van der Waals surface area contributed by atoms with Crippen molar-refractivity contribution in [3.05, 3.63) is 48.0 Å². The summed E-state index contributed by atoms with van der Waals surface area (Å²) >= 11 is 0. The fourth-order valence-electron chi connectivity index (χ4n) is 4.83. The van der Waals surface area contributed by atoms with E-state index in [-0.39, 0.29) is 5.97 Å². The number of hydrogen-bond acceptors (Lipinski definition) is 3. The molecular weight excluding hydrogens is 286 g/mol. The van der Waals surface area contributed by atoms with Gasteiger partial charge in [0.25, 0.3) is 0 Å². The molecule has 0 N–H and O–H groups in total. The van der Waals surface area contributed by atoms with Gasteiger partial charge in [-0.2, -0.15) is 0 Å². The number of piperidine rings is 1. The minimum atomic E-state index is -0.431. The van der Waals surface area contributed by atoms with E-state index < -0.39 is 5.54 Å². The maximum atomic E-state index is 12.5. The largest absolute Gasteiger partial charge is 0.468 e. The zero-order chi connectivity index (χ0) is 16.0. The van der Waals surface area contributed by atoms with Gasteiger partial charge in [-0.3, -0.25) is 9.69 Å². The maximum absolute atomic E-state index is 12.5. The van der Waals surface area contributed by atoms with Crippen LogP contribution in [0.5, 0.6) is 0 Å². The fraction of sp³-hybridized carbons (Fsp3) is 0.450. The van der Waals surface area contributed by atoms with Gasteiger partial charge >= 0.3 is 5.97 Å². The van der Waals surface area contributed by atoms with Crippen molar-refractivity contribution in [2.75, 3.05) is 14.2 Å². The first-order valence-electron chi connectivity index (χ1n) is 8.45. The lowest BCUT2D eigenvalue weighted by molar-refractivity contribution is -0.156. The summed E-state index contributed by atoms with van der Waals surface area (Å²) in [6.07, 6.45) is 4.00. The summed E-state index contributed by atoms with van der Waals surface area (Å²) < 4.78 is 5.17. The molecule has 2 aliphatic rings. The average molecular weight is 309 g/mol. The number of carbonyl (C=O) groups is 1. The van der Waals surface area contributed by atoms with Gasteiger partial charge in [-0.05, 0) is 55.0 Å². The number of likely N-dealkylation sites (N-methyl/N-ethyl adjacent to an activating group) is 1. The van der Waals surface area contributed by atoms with E-state index in [9.17, 15) is 4.79 Å². The number of hydrogen-bond donors (Lipinski definition) is 0. The minimum Gasteiger partial charge on any atom is -0.468 e. The van der Waals surface area contributed by atoms with Gasteiger partial charge in [-0.1, -0.05) is 42.5 Å². The molecule has 0 spiro atoms. The highest BCUT2D eigenvalue weighted by molar-refractivity contribution is 5.87. The Labute approximate surface area is 137 Å². The number of carbonyl (C=O) groups excluding carboxylic acids is 1. The molecule has 23 heavy (non-hydrogen) atoms. The van der Waals surface area contributed by atoms with E-state index in [0.717, 1.165) is 25.7 Å². The molecule has 2 aromatic rings. The molecule has 0 amide bonds. The van der Waals surface area contributed by atoms with Gasteiger partial charge in [-0.25, -0.2) is 0 Å². The molecule has 120 valence electrons. The second-order valence-corrected chi connectivity index (χ2v) is 7.03. The highest BCUT2D eigenvalue weighted by Gasteiger charge is 2.55. The van der Waals surface area contributed by atoms with Crippen molar-refractivity contribution in [2.45, 2.75) is 43.2 Å². The molecule has 2 aliphatic heterocycles. The summed E-state index contributed by atoms with van der Waals surface area (Å²) in [6.45, 7) is 0. The van der Waals surface area contributed by atoms with Crippen molar-refractivity contribution < 1.29 is 9.53 Å². The predicted octanol–water partition coefficient (Wildman–Crippen LogP) is 3.72. The van der Waals surface area contributed by atoms with Crippen LogP contribution in [-0.4, -0.2) is 36.6 Å². The van der Waals surface area contributed by atoms with Crippen molar-refractivity contribution in [1.82, 2.24) is 4.90 Å². The van der Waals surface area contributed by atoms with Gasteiger partial charge in [0.15, 0.2) is 0 Å². The predicted molar refractivity (Wildman–Crippen MR) is 91.5 cm³/mol. The molecule has 0 radical (unpaired) electrons. The van der Waals surface area contributed by atoms with E-state index in [1.807, 2.05) is 0 Å². The lowest BCUT2D eigenvalue weighted by Gasteiger charge is -2.44. The van der Waals surface area contributed by atoms with E-state index in [0.29, 0.717) is 12.0 Å². The van der Waals surface area contributed by atoms with E-state index in [2.05, 4.69) is 54.4 Å². The summed E-state index contributed by atoms with van der Waals surface area (Å²) in [5, 5.41) is 2.60. The van der Waals surface area contributed by atoms with E-state index in [1.54, 1.807) is 0 Å². The van der Waals surface area contributed by atoms with Crippen molar-refractivity contribution in [3.63, 3.8) is 0 Å². The van der Waals surface area contributed by atoms with Crippen LogP contribution in [0, 0.1) is 0 Å². The van der Waals surface area contributed by atoms with Crippen molar-refractivity contribution in [2.24, 2.45) is 0 Å². The van der Waals surface area contributed by atoms with Crippen molar-refractivity contribution in [3.8, 4) is 0 Å². The number of benzene rings is 2. The van der Waals surface area contributed by atoms with Gasteiger partial charge in [0, 0.05) is 6.04 Å². The Hall–Kier alpha value is -1.87. The van der Waals surface area contributed by atoms with Gasteiger partial charge in [0.1, 0.15) is 5.54 Å². The topological polar surface area (TPSA) is 29.5 Å². The van der Waals surface area contributed by atoms with Gasteiger partial charge in [-0.15, -0.1) is 0 Å². The molecule has 2 heterocycles.